The van der Waals surface area contributed by atoms with E-state index in [-0.39, 0.29) is 27.8 Å². The van der Waals surface area contributed by atoms with Gasteiger partial charge in [-0.15, -0.1) is 10.2 Å². The summed E-state index contributed by atoms with van der Waals surface area (Å²) in [6, 6.07) is 10.2. The number of rotatable bonds is 5. The van der Waals surface area contributed by atoms with E-state index in [4.69, 9.17) is 0 Å². The van der Waals surface area contributed by atoms with Crippen LogP contribution in [-0.2, 0) is 17.1 Å². The van der Waals surface area contributed by atoms with E-state index in [9.17, 15) is 23.6 Å². The molecule has 3 rings (SSSR count). The van der Waals surface area contributed by atoms with Crippen LogP contribution < -0.4 is 0 Å². The smallest absolute Gasteiger partial charge is 0.296 e. The summed E-state index contributed by atoms with van der Waals surface area (Å²) in [6.07, 6.45) is 0. The minimum atomic E-state index is -3.69. The molecule has 1 aromatic heterocycles. The number of benzene rings is 2. The maximum atomic E-state index is 12.4. The quantitative estimate of drug-likeness (QED) is 0.396. The highest BCUT2D eigenvalue weighted by molar-refractivity contribution is 7.89. The molecule has 0 fully saturated rings. The van der Waals surface area contributed by atoms with E-state index >= 15 is 0 Å². The number of nitro groups is 1. The van der Waals surface area contributed by atoms with Gasteiger partial charge in [-0.1, -0.05) is 12.1 Å². The van der Waals surface area contributed by atoms with E-state index in [0.717, 1.165) is 4.31 Å². The van der Waals surface area contributed by atoms with Crippen molar-refractivity contribution in [1.29, 1.82) is 0 Å². The molecule has 10 nitrogen and oxygen atoms in total. The van der Waals surface area contributed by atoms with Crippen molar-refractivity contribution in [2.75, 3.05) is 14.1 Å². The third-order valence-electron chi connectivity index (χ3n) is 4.23. The van der Waals surface area contributed by atoms with Gasteiger partial charge in [-0.25, -0.2) is 12.7 Å². The number of hydrogen-bond acceptors (Lipinski definition) is 7. The largest absolute Gasteiger partial charge is 0.493 e. The van der Waals surface area contributed by atoms with Gasteiger partial charge in [-0.2, -0.15) is 0 Å². The van der Waals surface area contributed by atoms with E-state index in [2.05, 4.69) is 10.2 Å². The standard InChI is InChI=1S/C17H17N5O5S/c1-20(2)28(26,27)11-8-9-14-12(10-11)16(17(23)21(14)3)19-18-13-6-4-5-7-15(13)22(24)25/h4-10,23H,1-3H3. The highest BCUT2D eigenvalue weighted by Gasteiger charge is 2.21. The summed E-state index contributed by atoms with van der Waals surface area (Å²) < 4.78 is 27.3. The number of fused-ring (bicyclic) bond motifs is 1. The van der Waals surface area contributed by atoms with Gasteiger partial charge in [0.05, 0.1) is 15.3 Å². The molecule has 0 saturated heterocycles. The number of sulfonamides is 1. The Hall–Kier alpha value is -3.31. The second-order valence-corrected chi connectivity index (χ2v) is 8.30. The minimum Gasteiger partial charge on any atom is -0.493 e. The lowest BCUT2D eigenvalue weighted by atomic mass is 10.2. The van der Waals surface area contributed by atoms with Gasteiger partial charge < -0.3 is 9.67 Å². The van der Waals surface area contributed by atoms with Gasteiger partial charge in [0.15, 0.2) is 11.4 Å². The van der Waals surface area contributed by atoms with Crippen LogP contribution in [0, 0.1) is 10.1 Å². The van der Waals surface area contributed by atoms with E-state index in [1.165, 1.54) is 49.0 Å². The number of aromatic nitrogens is 1. The maximum absolute atomic E-state index is 12.4. The Morgan fingerprint density at radius 3 is 2.46 bits per heavy atom. The molecule has 2 aromatic carbocycles. The second kappa shape index (κ2) is 7.02. The summed E-state index contributed by atoms with van der Waals surface area (Å²) in [6.45, 7) is 0. The van der Waals surface area contributed by atoms with Crippen molar-refractivity contribution in [3.63, 3.8) is 0 Å². The molecule has 28 heavy (non-hydrogen) atoms. The van der Waals surface area contributed by atoms with Crippen LogP contribution in [0.25, 0.3) is 10.9 Å². The zero-order chi connectivity index (χ0) is 20.6. The first-order chi connectivity index (χ1) is 13.1. The third kappa shape index (κ3) is 3.21. The van der Waals surface area contributed by atoms with Crippen molar-refractivity contribution in [2.24, 2.45) is 17.3 Å². The van der Waals surface area contributed by atoms with Gasteiger partial charge in [-0.3, -0.25) is 10.1 Å². The predicted molar refractivity (Wildman–Crippen MR) is 103 cm³/mol. The fraction of sp³-hybridized carbons (Fsp3) is 0.176. The Balaban J connectivity index is 2.19. The average Bonchev–Trinajstić information content (AvgIpc) is 2.90. The summed E-state index contributed by atoms with van der Waals surface area (Å²) >= 11 is 0. The summed E-state index contributed by atoms with van der Waals surface area (Å²) in [5.41, 5.74) is 0.334. The summed E-state index contributed by atoms with van der Waals surface area (Å²) in [5, 5.41) is 29.7. The highest BCUT2D eigenvalue weighted by atomic mass is 32.2. The predicted octanol–water partition coefficient (Wildman–Crippen LogP) is 3.46. The first-order valence-electron chi connectivity index (χ1n) is 8.03. The fourth-order valence-corrected chi connectivity index (χ4v) is 3.60. The summed E-state index contributed by atoms with van der Waals surface area (Å²) in [7, 11) is 0.720. The monoisotopic (exact) mass is 403 g/mol. The van der Waals surface area contributed by atoms with Crippen molar-refractivity contribution in [3.05, 3.63) is 52.6 Å². The van der Waals surface area contributed by atoms with Crippen LogP contribution in [0.3, 0.4) is 0 Å². The molecule has 146 valence electrons. The zero-order valence-electron chi connectivity index (χ0n) is 15.3. The van der Waals surface area contributed by atoms with Gasteiger partial charge in [0.25, 0.3) is 5.69 Å². The van der Waals surface area contributed by atoms with E-state index in [1.54, 1.807) is 19.2 Å². The van der Waals surface area contributed by atoms with Gasteiger partial charge in [0.1, 0.15) is 0 Å². The first kappa shape index (κ1) is 19.5. The summed E-state index contributed by atoms with van der Waals surface area (Å²) in [4.78, 5) is 10.6. The Morgan fingerprint density at radius 1 is 1.14 bits per heavy atom. The van der Waals surface area contributed by atoms with Crippen LogP contribution >= 0.6 is 0 Å². The molecule has 0 aliphatic rings. The Kier molecular flexibility index (Phi) is 4.87. The van der Waals surface area contributed by atoms with Crippen molar-refractivity contribution in [2.45, 2.75) is 4.90 Å². The number of aryl methyl sites for hydroxylation is 1. The lowest BCUT2D eigenvalue weighted by Gasteiger charge is -2.11. The summed E-state index contributed by atoms with van der Waals surface area (Å²) in [5.74, 6) is -0.239. The van der Waals surface area contributed by atoms with Gasteiger partial charge in [-0.05, 0) is 24.3 Å². The van der Waals surface area contributed by atoms with Crippen LogP contribution in [0.15, 0.2) is 57.6 Å². The SMILES string of the molecule is CN(C)S(=O)(=O)c1ccc2c(c1)c(N=Nc1ccccc1[N+](=O)[O-])c(O)n2C. The molecule has 0 atom stereocenters. The number of nitro benzene ring substituents is 1. The van der Waals surface area contributed by atoms with Gasteiger partial charge in [0, 0.05) is 32.6 Å². The molecule has 0 aliphatic carbocycles. The molecule has 1 heterocycles. The highest BCUT2D eigenvalue weighted by Crippen LogP contribution is 2.40. The molecular formula is C17H17N5O5S. The van der Waals surface area contributed by atoms with Gasteiger partial charge >= 0.3 is 0 Å². The van der Waals surface area contributed by atoms with E-state index in [0.29, 0.717) is 10.9 Å². The van der Waals surface area contributed by atoms with E-state index < -0.39 is 14.9 Å². The maximum Gasteiger partial charge on any atom is 0.296 e. The molecule has 0 radical (unpaired) electrons. The minimum absolute atomic E-state index is 0.0148. The van der Waals surface area contributed by atoms with Crippen molar-refractivity contribution >= 4 is 38.0 Å². The normalized spacial score (nSPS) is 12.3. The second-order valence-electron chi connectivity index (χ2n) is 6.14. The van der Waals surface area contributed by atoms with Crippen LogP contribution in [-0.4, -0.2) is 41.4 Å². The lowest BCUT2D eigenvalue weighted by Crippen LogP contribution is -2.22. The van der Waals surface area contributed by atoms with Crippen LogP contribution in [0.5, 0.6) is 5.88 Å². The molecule has 0 spiro atoms. The number of azo groups is 1. The van der Waals surface area contributed by atoms with Crippen LogP contribution in [0.4, 0.5) is 17.1 Å². The number of nitrogens with zero attached hydrogens (tertiary/aromatic N) is 5. The van der Waals surface area contributed by atoms with Gasteiger partial charge in [0.2, 0.25) is 15.9 Å². The average molecular weight is 403 g/mol. The van der Waals surface area contributed by atoms with Crippen LogP contribution in [0.1, 0.15) is 0 Å². The van der Waals surface area contributed by atoms with Crippen LogP contribution in [0.2, 0.25) is 0 Å². The lowest BCUT2D eigenvalue weighted by molar-refractivity contribution is -0.384. The van der Waals surface area contributed by atoms with Crippen molar-refractivity contribution < 1.29 is 18.4 Å². The van der Waals surface area contributed by atoms with Crippen molar-refractivity contribution in [3.8, 4) is 5.88 Å². The topological polar surface area (TPSA) is 130 Å². The zero-order valence-corrected chi connectivity index (χ0v) is 16.1. The Morgan fingerprint density at radius 2 is 1.82 bits per heavy atom. The molecule has 0 saturated carbocycles. The molecule has 0 bridgehead atoms. The number of para-hydroxylation sites is 1. The molecule has 0 aliphatic heterocycles. The first-order valence-corrected chi connectivity index (χ1v) is 9.47. The molecule has 11 heteroatoms. The molecule has 0 unspecified atom stereocenters. The molecule has 3 aromatic rings. The fourth-order valence-electron chi connectivity index (χ4n) is 2.67. The third-order valence-corrected chi connectivity index (χ3v) is 6.04. The Bertz CT molecular complexity index is 1210. The Labute approximate surface area is 160 Å². The number of aromatic hydroxyl groups is 1. The number of hydrogen-bond donors (Lipinski definition) is 1. The molecular weight excluding hydrogens is 386 g/mol. The van der Waals surface area contributed by atoms with Crippen molar-refractivity contribution in [1.82, 2.24) is 8.87 Å². The molecule has 1 N–H and O–H groups in total. The molecule has 0 amide bonds. The van der Waals surface area contributed by atoms with E-state index in [1.807, 2.05) is 0 Å².